The van der Waals surface area contributed by atoms with Crippen LogP contribution in [0, 0.1) is 12.8 Å². The van der Waals surface area contributed by atoms with E-state index in [1.54, 1.807) is 7.11 Å². The van der Waals surface area contributed by atoms with E-state index in [1.807, 2.05) is 4.90 Å². The van der Waals surface area contributed by atoms with Crippen LogP contribution in [0.4, 0.5) is 0 Å². The van der Waals surface area contributed by atoms with Gasteiger partial charge in [-0.05, 0) is 73.4 Å². The van der Waals surface area contributed by atoms with Gasteiger partial charge >= 0.3 is 0 Å². The topological polar surface area (TPSA) is 42.4 Å². The lowest BCUT2D eigenvalue weighted by molar-refractivity contribution is -0.128. The molecule has 1 fully saturated rings. The third-order valence-electron chi connectivity index (χ3n) is 5.64. The highest BCUT2D eigenvalue weighted by Gasteiger charge is 2.29. The molecule has 2 aliphatic rings. The summed E-state index contributed by atoms with van der Waals surface area (Å²) in [5.41, 5.74) is 6.51. The number of benzene rings is 1. The van der Waals surface area contributed by atoms with Crippen molar-refractivity contribution in [1.29, 1.82) is 0 Å². The molecule has 4 heteroatoms. The van der Waals surface area contributed by atoms with Gasteiger partial charge < -0.3 is 9.64 Å². The number of hydrogen-bond acceptors (Lipinski definition) is 3. The van der Waals surface area contributed by atoms with Gasteiger partial charge in [-0.1, -0.05) is 0 Å². The molecule has 0 N–H and O–H groups in total. The fraction of sp³-hybridized carbons (Fsp3) is 0.524. The molecule has 132 valence electrons. The summed E-state index contributed by atoms with van der Waals surface area (Å²) in [7, 11) is 1.68. The first-order valence-corrected chi connectivity index (χ1v) is 9.33. The molecule has 1 aromatic carbocycles. The smallest absolute Gasteiger partial charge is 0.223 e. The Kier molecular flexibility index (Phi) is 4.46. The molecule has 2 aromatic rings. The molecular weight excluding hydrogens is 312 g/mol. The van der Waals surface area contributed by atoms with Crippen LogP contribution < -0.4 is 0 Å². The van der Waals surface area contributed by atoms with Crippen LogP contribution in [0.5, 0.6) is 0 Å². The minimum Gasteiger partial charge on any atom is -0.383 e. The average Bonchev–Trinajstić information content (AvgIpc) is 3.17. The normalized spacial score (nSPS) is 19.8. The van der Waals surface area contributed by atoms with Crippen molar-refractivity contribution in [3.63, 3.8) is 0 Å². The van der Waals surface area contributed by atoms with Crippen molar-refractivity contribution in [3.8, 4) is 0 Å². The first kappa shape index (κ1) is 16.5. The van der Waals surface area contributed by atoms with E-state index in [-0.39, 0.29) is 5.91 Å². The van der Waals surface area contributed by atoms with E-state index in [1.165, 1.54) is 41.3 Å². The van der Waals surface area contributed by atoms with Crippen LogP contribution in [0.25, 0.3) is 10.9 Å². The number of ether oxygens (including phenoxy) is 1. The van der Waals surface area contributed by atoms with Crippen molar-refractivity contribution in [2.75, 3.05) is 26.8 Å². The Morgan fingerprint density at radius 2 is 2.04 bits per heavy atom. The van der Waals surface area contributed by atoms with Gasteiger partial charge in [0.1, 0.15) is 0 Å². The Bertz CT molecular complexity index is 815. The summed E-state index contributed by atoms with van der Waals surface area (Å²) in [6.45, 7) is 4.31. The van der Waals surface area contributed by atoms with Crippen molar-refractivity contribution < 1.29 is 9.53 Å². The lowest BCUT2D eigenvalue weighted by atomic mass is 9.98. The van der Waals surface area contributed by atoms with Crippen LogP contribution in [0.3, 0.4) is 0 Å². The molecule has 4 nitrogen and oxygen atoms in total. The van der Waals surface area contributed by atoms with Crippen molar-refractivity contribution in [2.45, 2.75) is 39.0 Å². The number of aromatic nitrogens is 1. The van der Waals surface area contributed by atoms with Crippen molar-refractivity contribution in [1.82, 2.24) is 9.88 Å². The maximum absolute atomic E-state index is 12.1. The first-order valence-electron chi connectivity index (χ1n) is 9.33. The zero-order valence-electron chi connectivity index (χ0n) is 15.2. The molecule has 2 heterocycles. The molecule has 1 amide bonds. The molecule has 25 heavy (non-hydrogen) atoms. The summed E-state index contributed by atoms with van der Waals surface area (Å²) < 4.78 is 5.10. The summed E-state index contributed by atoms with van der Waals surface area (Å²) in [6.07, 6.45) is 5.16. The number of fused-ring (bicyclic) bond motifs is 2. The standard InChI is InChI=1S/C21H26N2O2/c1-14-8-18(9-15-10-21(24)23(13-15)6-7-25-2)22-20-12-17-5-3-4-16(17)11-19(14)20/h8,11-12,15H,3-7,9-10,13H2,1-2H3/t15-/m0/s1. The van der Waals surface area contributed by atoms with Gasteiger partial charge in [-0.25, -0.2) is 0 Å². The van der Waals surface area contributed by atoms with Crippen molar-refractivity contribution >= 4 is 16.8 Å². The first-order chi connectivity index (χ1) is 12.1. The highest BCUT2D eigenvalue weighted by atomic mass is 16.5. The summed E-state index contributed by atoms with van der Waals surface area (Å²) >= 11 is 0. The molecule has 4 rings (SSSR count). The fourth-order valence-corrected chi connectivity index (χ4v) is 4.34. The summed E-state index contributed by atoms with van der Waals surface area (Å²) in [4.78, 5) is 19.0. The van der Waals surface area contributed by atoms with Crippen molar-refractivity contribution in [3.05, 3.63) is 40.6 Å². The lowest BCUT2D eigenvalue weighted by Crippen LogP contribution is -2.29. The molecular formula is C21H26N2O2. The van der Waals surface area contributed by atoms with Crippen LogP contribution in [-0.2, 0) is 28.8 Å². The van der Waals surface area contributed by atoms with E-state index in [0.29, 0.717) is 25.5 Å². The number of rotatable bonds is 5. The second kappa shape index (κ2) is 6.75. The highest BCUT2D eigenvalue weighted by Crippen LogP contribution is 2.29. The molecule has 0 spiro atoms. The third-order valence-corrected chi connectivity index (χ3v) is 5.64. The Hall–Kier alpha value is -1.94. The zero-order valence-corrected chi connectivity index (χ0v) is 15.2. The van der Waals surface area contributed by atoms with E-state index in [0.717, 1.165) is 24.2 Å². The number of methoxy groups -OCH3 is 1. The van der Waals surface area contributed by atoms with Gasteiger partial charge in [0, 0.05) is 37.7 Å². The molecule has 1 atom stereocenters. The number of carbonyl (C=O) groups excluding carboxylic acids is 1. The maximum atomic E-state index is 12.1. The molecule has 0 bridgehead atoms. The molecule has 1 saturated heterocycles. The van der Waals surface area contributed by atoms with Crippen LogP contribution in [0.1, 0.15) is 35.2 Å². The molecule has 1 aliphatic carbocycles. The number of nitrogens with zero attached hydrogens (tertiary/aromatic N) is 2. The lowest BCUT2D eigenvalue weighted by Gasteiger charge is -2.16. The SMILES string of the molecule is COCCN1C[C@@H](Cc2cc(C)c3cc4c(cc3n2)CCC4)CC1=O. The van der Waals surface area contributed by atoms with Gasteiger partial charge in [0.05, 0.1) is 12.1 Å². The van der Waals surface area contributed by atoms with Gasteiger partial charge in [0.15, 0.2) is 0 Å². The molecule has 0 radical (unpaired) electrons. The van der Waals surface area contributed by atoms with Gasteiger partial charge in [0.25, 0.3) is 0 Å². The number of likely N-dealkylation sites (tertiary alicyclic amines) is 1. The number of aryl methyl sites for hydroxylation is 3. The zero-order chi connectivity index (χ0) is 17.4. The number of amides is 1. The quantitative estimate of drug-likeness (QED) is 0.841. The fourth-order valence-electron chi connectivity index (χ4n) is 4.34. The van der Waals surface area contributed by atoms with Gasteiger partial charge in [-0.2, -0.15) is 0 Å². The van der Waals surface area contributed by atoms with Gasteiger partial charge in [-0.15, -0.1) is 0 Å². The van der Waals surface area contributed by atoms with E-state index in [2.05, 4.69) is 25.1 Å². The maximum Gasteiger partial charge on any atom is 0.223 e. The predicted octanol–water partition coefficient (Wildman–Crippen LogP) is 3.07. The van der Waals surface area contributed by atoms with Crippen molar-refractivity contribution in [2.24, 2.45) is 5.92 Å². The Balaban J connectivity index is 1.54. The Morgan fingerprint density at radius 1 is 1.24 bits per heavy atom. The third kappa shape index (κ3) is 3.28. The monoisotopic (exact) mass is 338 g/mol. The second-order valence-corrected chi connectivity index (χ2v) is 7.53. The summed E-state index contributed by atoms with van der Waals surface area (Å²) in [5, 5.41) is 1.29. The summed E-state index contributed by atoms with van der Waals surface area (Å²) in [6, 6.07) is 6.85. The van der Waals surface area contributed by atoms with E-state index < -0.39 is 0 Å². The molecule has 1 aliphatic heterocycles. The largest absolute Gasteiger partial charge is 0.383 e. The van der Waals surface area contributed by atoms with Crippen LogP contribution >= 0.6 is 0 Å². The molecule has 1 aromatic heterocycles. The Labute approximate surface area is 149 Å². The second-order valence-electron chi connectivity index (χ2n) is 7.53. The minimum atomic E-state index is 0.248. The van der Waals surface area contributed by atoms with Crippen LogP contribution in [-0.4, -0.2) is 42.6 Å². The van der Waals surface area contributed by atoms with E-state index in [9.17, 15) is 4.79 Å². The molecule has 0 saturated carbocycles. The predicted molar refractivity (Wildman–Crippen MR) is 98.8 cm³/mol. The van der Waals surface area contributed by atoms with Crippen LogP contribution in [0.2, 0.25) is 0 Å². The number of pyridine rings is 1. The van der Waals surface area contributed by atoms with Gasteiger partial charge in [-0.3, -0.25) is 9.78 Å². The number of hydrogen-bond donors (Lipinski definition) is 0. The average molecular weight is 338 g/mol. The van der Waals surface area contributed by atoms with Gasteiger partial charge in [0.2, 0.25) is 5.91 Å². The molecule has 0 unspecified atom stereocenters. The minimum absolute atomic E-state index is 0.248. The van der Waals surface area contributed by atoms with E-state index >= 15 is 0 Å². The summed E-state index contributed by atoms with van der Waals surface area (Å²) in [5.74, 6) is 0.612. The Morgan fingerprint density at radius 3 is 2.84 bits per heavy atom. The number of carbonyl (C=O) groups is 1. The van der Waals surface area contributed by atoms with E-state index in [4.69, 9.17) is 9.72 Å². The highest BCUT2D eigenvalue weighted by molar-refractivity contribution is 5.84. The van der Waals surface area contributed by atoms with Crippen LogP contribution in [0.15, 0.2) is 18.2 Å².